The van der Waals surface area contributed by atoms with Crippen molar-refractivity contribution in [2.24, 2.45) is 0 Å². The summed E-state index contributed by atoms with van der Waals surface area (Å²) >= 11 is 0. The maximum absolute atomic E-state index is 11.3. The standard InChI is InChI=1S/C11H12N2O2/c1-9-3-5-10(6-4-9)15-11(14)13(2)8-7-12/h3-6H,8H2,1-2H3. The van der Waals surface area contributed by atoms with E-state index in [0.29, 0.717) is 5.75 Å². The first kappa shape index (κ1) is 11.1. The number of hydrogen-bond donors (Lipinski definition) is 0. The van der Waals surface area contributed by atoms with Gasteiger partial charge in [0.05, 0.1) is 6.07 Å². The van der Waals surface area contributed by atoms with Gasteiger partial charge in [-0.25, -0.2) is 4.79 Å². The Morgan fingerprint density at radius 2 is 2.07 bits per heavy atom. The van der Waals surface area contributed by atoms with Gasteiger partial charge < -0.3 is 4.74 Å². The lowest BCUT2D eigenvalue weighted by molar-refractivity contribution is 0.168. The molecule has 4 nitrogen and oxygen atoms in total. The Kier molecular flexibility index (Phi) is 3.69. The van der Waals surface area contributed by atoms with Crippen molar-refractivity contribution in [3.8, 4) is 11.8 Å². The minimum absolute atomic E-state index is 0.0185. The Labute approximate surface area is 88.7 Å². The summed E-state index contributed by atoms with van der Waals surface area (Å²) in [5.41, 5.74) is 1.10. The topological polar surface area (TPSA) is 53.3 Å². The molecule has 15 heavy (non-hydrogen) atoms. The summed E-state index contributed by atoms with van der Waals surface area (Å²) in [6, 6.07) is 9.01. The van der Waals surface area contributed by atoms with Gasteiger partial charge in [-0.15, -0.1) is 0 Å². The number of carbonyl (C=O) groups excluding carboxylic acids is 1. The first-order chi connectivity index (χ1) is 7.13. The SMILES string of the molecule is Cc1ccc(OC(=O)N(C)CC#N)cc1. The van der Waals surface area contributed by atoms with Crippen LogP contribution in [0.1, 0.15) is 5.56 Å². The number of aryl methyl sites for hydroxylation is 1. The van der Waals surface area contributed by atoms with Crippen molar-refractivity contribution in [1.29, 1.82) is 5.26 Å². The number of amides is 1. The summed E-state index contributed by atoms with van der Waals surface area (Å²) in [6.07, 6.45) is -0.527. The van der Waals surface area contributed by atoms with Crippen LogP contribution in [0.3, 0.4) is 0 Å². The average Bonchev–Trinajstić information content (AvgIpc) is 2.22. The van der Waals surface area contributed by atoms with Crippen LogP contribution in [0.15, 0.2) is 24.3 Å². The predicted molar refractivity (Wildman–Crippen MR) is 55.4 cm³/mol. The van der Waals surface area contributed by atoms with Crippen LogP contribution < -0.4 is 4.74 Å². The fourth-order valence-corrected chi connectivity index (χ4v) is 0.956. The van der Waals surface area contributed by atoms with E-state index >= 15 is 0 Å². The molecular weight excluding hydrogens is 192 g/mol. The molecule has 0 heterocycles. The highest BCUT2D eigenvalue weighted by Crippen LogP contribution is 2.12. The highest BCUT2D eigenvalue weighted by Gasteiger charge is 2.09. The molecule has 78 valence electrons. The van der Waals surface area contributed by atoms with Crippen LogP contribution in [0.5, 0.6) is 5.75 Å². The molecule has 0 saturated heterocycles. The summed E-state index contributed by atoms with van der Waals surface area (Å²) in [4.78, 5) is 12.5. The predicted octanol–water partition coefficient (Wildman–Crippen LogP) is 1.95. The molecule has 0 bridgehead atoms. The molecule has 0 aliphatic heterocycles. The molecule has 1 aromatic rings. The van der Waals surface area contributed by atoms with Gasteiger partial charge >= 0.3 is 6.09 Å². The Morgan fingerprint density at radius 1 is 1.47 bits per heavy atom. The van der Waals surface area contributed by atoms with Crippen LogP contribution in [0.4, 0.5) is 4.79 Å². The molecule has 0 spiro atoms. The summed E-state index contributed by atoms with van der Waals surface area (Å²) in [5.74, 6) is 0.482. The third-order valence-electron chi connectivity index (χ3n) is 1.85. The molecule has 0 aliphatic rings. The van der Waals surface area contributed by atoms with Crippen LogP contribution in [0.2, 0.25) is 0 Å². The first-order valence-corrected chi connectivity index (χ1v) is 4.50. The molecule has 0 aliphatic carbocycles. The van der Waals surface area contributed by atoms with E-state index in [2.05, 4.69) is 0 Å². The fraction of sp³-hybridized carbons (Fsp3) is 0.273. The minimum atomic E-state index is -0.527. The maximum Gasteiger partial charge on any atom is 0.415 e. The van der Waals surface area contributed by atoms with Crippen molar-refractivity contribution in [3.63, 3.8) is 0 Å². The maximum atomic E-state index is 11.3. The largest absolute Gasteiger partial charge is 0.415 e. The second-order valence-electron chi connectivity index (χ2n) is 3.20. The third kappa shape index (κ3) is 3.31. The molecule has 1 amide bonds. The lowest BCUT2D eigenvalue weighted by Crippen LogP contribution is -2.29. The van der Waals surface area contributed by atoms with Crippen molar-refractivity contribution in [1.82, 2.24) is 4.90 Å². The second-order valence-corrected chi connectivity index (χ2v) is 3.20. The summed E-state index contributed by atoms with van der Waals surface area (Å²) in [6.45, 7) is 1.97. The number of ether oxygens (including phenoxy) is 1. The van der Waals surface area contributed by atoms with Crippen LogP contribution in [0, 0.1) is 18.3 Å². The zero-order valence-electron chi connectivity index (χ0n) is 8.73. The van der Waals surface area contributed by atoms with Gasteiger partial charge in [-0.05, 0) is 19.1 Å². The molecule has 1 aromatic carbocycles. The lowest BCUT2D eigenvalue weighted by atomic mass is 10.2. The van der Waals surface area contributed by atoms with E-state index in [1.807, 2.05) is 25.1 Å². The van der Waals surface area contributed by atoms with Gasteiger partial charge in [0, 0.05) is 7.05 Å². The Bertz CT molecular complexity index is 379. The molecule has 0 fully saturated rings. The summed E-state index contributed by atoms with van der Waals surface area (Å²) < 4.78 is 5.02. The highest BCUT2D eigenvalue weighted by molar-refractivity contribution is 5.70. The fourth-order valence-electron chi connectivity index (χ4n) is 0.956. The number of carbonyl (C=O) groups is 1. The van der Waals surface area contributed by atoms with Crippen LogP contribution in [0.25, 0.3) is 0 Å². The van der Waals surface area contributed by atoms with Crippen molar-refractivity contribution < 1.29 is 9.53 Å². The molecule has 1 rings (SSSR count). The van der Waals surface area contributed by atoms with E-state index < -0.39 is 6.09 Å². The molecule has 0 unspecified atom stereocenters. The van der Waals surface area contributed by atoms with Crippen LogP contribution in [-0.2, 0) is 0 Å². The summed E-state index contributed by atoms with van der Waals surface area (Å²) in [5, 5.41) is 8.39. The summed E-state index contributed by atoms with van der Waals surface area (Å²) in [7, 11) is 1.51. The van der Waals surface area contributed by atoms with Gasteiger partial charge in [0.2, 0.25) is 0 Å². The van der Waals surface area contributed by atoms with Crippen molar-refractivity contribution in [3.05, 3.63) is 29.8 Å². The van der Waals surface area contributed by atoms with Gasteiger partial charge in [-0.2, -0.15) is 5.26 Å². The molecule has 0 radical (unpaired) electrons. The molecule has 4 heteroatoms. The molecule has 0 saturated carbocycles. The van der Waals surface area contributed by atoms with Gasteiger partial charge in [0.15, 0.2) is 0 Å². The zero-order chi connectivity index (χ0) is 11.3. The average molecular weight is 204 g/mol. The van der Waals surface area contributed by atoms with E-state index in [1.54, 1.807) is 12.1 Å². The number of nitrogens with zero attached hydrogens (tertiary/aromatic N) is 2. The van der Waals surface area contributed by atoms with Crippen LogP contribution in [-0.4, -0.2) is 24.6 Å². The van der Waals surface area contributed by atoms with Gasteiger partial charge in [0.1, 0.15) is 12.3 Å². The highest BCUT2D eigenvalue weighted by atomic mass is 16.6. The Hall–Kier alpha value is -2.02. The van der Waals surface area contributed by atoms with E-state index in [0.717, 1.165) is 5.56 Å². The zero-order valence-corrected chi connectivity index (χ0v) is 8.73. The first-order valence-electron chi connectivity index (χ1n) is 4.50. The van der Waals surface area contributed by atoms with Gasteiger partial charge in [-0.3, -0.25) is 4.90 Å². The number of benzene rings is 1. The molecule has 0 aromatic heterocycles. The van der Waals surface area contributed by atoms with E-state index in [-0.39, 0.29) is 6.54 Å². The molecular formula is C11H12N2O2. The third-order valence-corrected chi connectivity index (χ3v) is 1.85. The second kappa shape index (κ2) is 5.01. The molecule has 0 N–H and O–H groups in total. The minimum Gasteiger partial charge on any atom is -0.410 e. The normalized spacial score (nSPS) is 9.13. The van der Waals surface area contributed by atoms with Gasteiger partial charge in [0.25, 0.3) is 0 Å². The van der Waals surface area contributed by atoms with E-state index in [9.17, 15) is 4.79 Å². The van der Waals surface area contributed by atoms with Crippen molar-refractivity contribution in [2.45, 2.75) is 6.92 Å². The van der Waals surface area contributed by atoms with E-state index in [1.165, 1.54) is 11.9 Å². The van der Waals surface area contributed by atoms with E-state index in [4.69, 9.17) is 10.00 Å². The van der Waals surface area contributed by atoms with Crippen LogP contribution >= 0.6 is 0 Å². The Morgan fingerprint density at radius 3 is 2.60 bits per heavy atom. The van der Waals surface area contributed by atoms with Crippen molar-refractivity contribution in [2.75, 3.05) is 13.6 Å². The number of hydrogen-bond acceptors (Lipinski definition) is 3. The van der Waals surface area contributed by atoms with Crippen molar-refractivity contribution >= 4 is 6.09 Å². The number of rotatable bonds is 2. The quantitative estimate of drug-likeness (QED) is 0.692. The lowest BCUT2D eigenvalue weighted by Gasteiger charge is -2.12. The van der Waals surface area contributed by atoms with Gasteiger partial charge in [-0.1, -0.05) is 17.7 Å². The number of nitriles is 1. The Balaban J connectivity index is 2.59. The smallest absolute Gasteiger partial charge is 0.410 e. The monoisotopic (exact) mass is 204 g/mol. The molecule has 0 atom stereocenters.